The van der Waals surface area contributed by atoms with Crippen molar-refractivity contribution >= 4 is 17.5 Å². The number of amides is 2. The Morgan fingerprint density at radius 2 is 1.57 bits per heavy atom. The maximum Gasteiger partial charge on any atom is 0.228 e. The minimum absolute atomic E-state index is 0.0136. The van der Waals surface area contributed by atoms with Crippen molar-refractivity contribution in [2.45, 2.75) is 46.1 Å². The second-order valence-corrected chi connectivity index (χ2v) is 6.38. The summed E-state index contributed by atoms with van der Waals surface area (Å²) in [5.74, 6) is 0.0506. The number of rotatable bonds is 5. The number of carbonyl (C=O) groups excluding carboxylic acids is 2. The molecular weight excluding hydrogens is 264 g/mol. The summed E-state index contributed by atoms with van der Waals surface area (Å²) in [6.07, 6.45) is 0.647. The molecular formula is C17H24N2O2. The third-order valence-electron chi connectivity index (χ3n) is 3.74. The maximum absolute atomic E-state index is 12.1. The highest BCUT2D eigenvalue weighted by atomic mass is 16.2. The van der Waals surface area contributed by atoms with Crippen LogP contribution >= 0.6 is 0 Å². The van der Waals surface area contributed by atoms with Crippen LogP contribution < -0.4 is 10.6 Å². The number of anilines is 1. The van der Waals surface area contributed by atoms with E-state index in [9.17, 15) is 9.59 Å². The summed E-state index contributed by atoms with van der Waals surface area (Å²) in [5.41, 5.74) is 2.04. The Morgan fingerprint density at radius 1 is 1.00 bits per heavy atom. The molecule has 4 heteroatoms. The summed E-state index contributed by atoms with van der Waals surface area (Å²) in [6.45, 7) is 8.11. The van der Waals surface area contributed by atoms with Crippen molar-refractivity contribution in [1.29, 1.82) is 0 Å². The van der Waals surface area contributed by atoms with Crippen molar-refractivity contribution < 1.29 is 9.59 Å². The van der Waals surface area contributed by atoms with Crippen LogP contribution in [0, 0.1) is 11.8 Å². The predicted molar refractivity (Wildman–Crippen MR) is 84.0 cm³/mol. The molecule has 1 aliphatic rings. The van der Waals surface area contributed by atoms with Crippen LogP contribution in [0.15, 0.2) is 24.3 Å². The van der Waals surface area contributed by atoms with Crippen molar-refractivity contribution in [2.75, 3.05) is 5.32 Å². The first-order valence-corrected chi connectivity index (χ1v) is 7.59. The van der Waals surface area contributed by atoms with Gasteiger partial charge in [-0.1, -0.05) is 26.0 Å². The summed E-state index contributed by atoms with van der Waals surface area (Å²) >= 11 is 0. The molecule has 0 saturated heterocycles. The van der Waals surface area contributed by atoms with E-state index in [-0.39, 0.29) is 29.7 Å². The highest BCUT2D eigenvalue weighted by Gasteiger charge is 2.48. The summed E-state index contributed by atoms with van der Waals surface area (Å²) in [5, 5.41) is 5.74. The Labute approximate surface area is 126 Å². The van der Waals surface area contributed by atoms with Crippen molar-refractivity contribution in [3.05, 3.63) is 29.8 Å². The predicted octanol–water partition coefficient (Wildman–Crippen LogP) is 2.91. The molecule has 0 bridgehead atoms. The van der Waals surface area contributed by atoms with Gasteiger partial charge in [-0.2, -0.15) is 0 Å². The van der Waals surface area contributed by atoms with Crippen LogP contribution in [-0.2, 0) is 9.59 Å². The van der Waals surface area contributed by atoms with E-state index in [1.54, 1.807) is 0 Å². The zero-order chi connectivity index (χ0) is 15.6. The van der Waals surface area contributed by atoms with Gasteiger partial charge in [0.2, 0.25) is 11.8 Å². The van der Waals surface area contributed by atoms with Crippen LogP contribution in [0.1, 0.15) is 45.6 Å². The Kier molecular flexibility index (Phi) is 4.66. The Hall–Kier alpha value is -1.84. The van der Waals surface area contributed by atoms with Gasteiger partial charge >= 0.3 is 0 Å². The standard InChI is InChI=1S/C17H24N2O2/c1-10(2)12-5-7-13(8-6-12)19-17(21)15-9-14(15)16(20)18-11(3)4/h5-8,10-11,14-15H,9H2,1-4H3,(H,18,20)(H,19,21). The molecule has 0 aliphatic heterocycles. The molecule has 2 amide bonds. The molecule has 1 saturated carbocycles. The van der Waals surface area contributed by atoms with Crippen LogP contribution in [0.5, 0.6) is 0 Å². The van der Waals surface area contributed by atoms with Gasteiger partial charge in [-0.05, 0) is 43.9 Å². The molecule has 1 aromatic rings. The third kappa shape index (κ3) is 4.06. The number of hydrogen-bond donors (Lipinski definition) is 2. The quantitative estimate of drug-likeness (QED) is 0.875. The van der Waals surface area contributed by atoms with Gasteiger partial charge in [-0.15, -0.1) is 0 Å². The fourth-order valence-electron chi connectivity index (χ4n) is 2.35. The van der Waals surface area contributed by atoms with Gasteiger partial charge in [0.25, 0.3) is 0 Å². The van der Waals surface area contributed by atoms with E-state index in [0.717, 1.165) is 5.69 Å². The number of hydrogen-bond acceptors (Lipinski definition) is 2. The number of nitrogens with one attached hydrogen (secondary N) is 2. The summed E-state index contributed by atoms with van der Waals surface area (Å²) in [7, 11) is 0. The highest BCUT2D eigenvalue weighted by Crippen LogP contribution is 2.39. The average molecular weight is 288 g/mol. The van der Waals surface area contributed by atoms with E-state index in [1.165, 1.54) is 5.56 Å². The van der Waals surface area contributed by atoms with Crippen molar-refractivity contribution in [3.8, 4) is 0 Å². The van der Waals surface area contributed by atoms with E-state index in [4.69, 9.17) is 0 Å². The largest absolute Gasteiger partial charge is 0.354 e. The topological polar surface area (TPSA) is 58.2 Å². The van der Waals surface area contributed by atoms with E-state index in [1.807, 2.05) is 38.1 Å². The average Bonchev–Trinajstić information content (AvgIpc) is 3.18. The molecule has 0 aromatic heterocycles. The zero-order valence-electron chi connectivity index (χ0n) is 13.1. The van der Waals surface area contributed by atoms with Gasteiger partial charge in [0.1, 0.15) is 0 Å². The molecule has 2 N–H and O–H groups in total. The molecule has 0 radical (unpaired) electrons. The first-order chi connectivity index (χ1) is 9.88. The van der Waals surface area contributed by atoms with Crippen LogP contribution in [0.25, 0.3) is 0 Å². The molecule has 0 heterocycles. The molecule has 1 aromatic carbocycles. The van der Waals surface area contributed by atoms with E-state index >= 15 is 0 Å². The SMILES string of the molecule is CC(C)NC(=O)C1CC1C(=O)Nc1ccc(C(C)C)cc1. The second-order valence-electron chi connectivity index (χ2n) is 6.38. The minimum atomic E-state index is -0.187. The molecule has 1 fully saturated rings. The lowest BCUT2D eigenvalue weighted by Gasteiger charge is -2.09. The van der Waals surface area contributed by atoms with Crippen molar-refractivity contribution in [2.24, 2.45) is 11.8 Å². The van der Waals surface area contributed by atoms with Crippen LogP contribution in [-0.4, -0.2) is 17.9 Å². The van der Waals surface area contributed by atoms with E-state index in [2.05, 4.69) is 24.5 Å². The van der Waals surface area contributed by atoms with Crippen LogP contribution in [0.3, 0.4) is 0 Å². The monoisotopic (exact) mass is 288 g/mol. The molecule has 2 atom stereocenters. The highest BCUT2D eigenvalue weighted by molar-refractivity contribution is 5.99. The lowest BCUT2D eigenvalue weighted by atomic mass is 10.0. The van der Waals surface area contributed by atoms with Gasteiger partial charge in [-0.25, -0.2) is 0 Å². The lowest BCUT2D eigenvalue weighted by molar-refractivity contribution is -0.125. The molecule has 4 nitrogen and oxygen atoms in total. The number of benzene rings is 1. The van der Waals surface area contributed by atoms with Gasteiger partial charge in [-0.3, -0.25) is 9.59 Å². The summed E-state index contributed by atoms with van der Waals surface area (Å²) in [4.78, 5) is 23.9. The van der Waals surface area contributed by atoms with Crippen molar-refractivity contribution in [1.82, 2.24) is 5.32 Å². The molecule has 114 valence electrons. The zero-order valence-corrected chi connectivity index (χ0v) is 13.1. The van der Waals surface area contributed by atoms with E-state index < -0.39 is 0 Å². The minimum Gasteiger partial charge on any atom is -0.354 e. The fraction of sp³-hybridized carbons (Fsp3) is 0.529. The van der Waals surface area contributed by atoms with Crippen LogP contribution in [0.2, 0.25) is 0 Å². The van der Waals surface area contributed by atoms with Gasteiger partial charge in [0, 0.05) is 11.7 Å². The van der Waals surface area contributed by atoms with Crippen molar-refractivity contribution in [3.63, 3.8) is 0 Å². The molecule has 21 heavy (non-hydrogen) atoms. The molecule has 1 aliphatic carbocycles. The van der Waals surface area contributed by atoms with Gasteiger partial charge in [0.15, 0.2) is 0 Å². The number of carbonyl (C=O) groups is 2. The van der Waals surface area contributed by atoms with Gasteiger partial charge < -0.3 is 10.6 Å². The summed E-state index contributed by atoms with van der Waals surface area (Å²) < 4.78 is 0. The van der Waals surface area contributed by atoms with Gasteiger partial charge in [0.05, 0.1) is 11.8 Å². The summed E-state index contributed by atoms with van der Waals surface area (Å²) in [6, 6.07) is 7.99. The first kappa shape index (κ1) is 15.5. The van der Waals surface area contributed by atoms with E-state index in [0.29, 0.717) is 12.3 Å². The molecule has 0 spiro atoms. The smallest absolute Gasteiger partial charge is 0.228 e. The first-order valence-electron chi connectivity index (χ1n) is 7.59. The molecule has 2 rings (SSSR count). The molecule has 2 unspecified atom stereocenters. The normalized spacial score (nSPS) is 20.5. The maximum atomic E-state index is 12.1. The fourth-order valence-corrected chi connectivity index (χ4v) is 2.35. The Balaban J connectivity index is 1.87. The Morgan fingerprint density at radius 3 is 2.10 bits per heavy atom. The van der Waals surface area contributed by atoms with Crippen LogP contribution in [0.4, 0.5) is 5.69 Å². The Bertz CT molecular complexity index is 520. The third-order valence-corrected chi connectivity index (χ3v) is 3.74. The second kappa shape index (κ2) is 6.29. The lowest BCUT2D eigenvalue weighted by Crippen LogP contribution is -2.32.